The molecule has 0 fully saturated rings. The van der Waals surface area contributed by atoms with E-state index in [0.29, 0.717) is 6.54 Å². The Bertz CT molecular complexity index is 819. The van der Waals surface area contributed by atoms with Crippen molar-refractivity contribution in [2.75, 3.05) is 13.1 Å². The molecule has 2 N–H and O–H groups in total. The van der Waals surface area contributed by atoms with E-state index in [2.05, 4.69) is 37.5 Å². The van der Waals surface area contributed by atoms with Gasteiger partial charge in [-0.2, -0.15) is 0 Å². The van der Waals surface area contributed by atoms with E-state index in [4.69, 9.17) is 0 Å². The van der Waals surface area contributed by atoms with Gasteiger partial charge in [0.15, 0.2) is 5.96 Å². The molecule has 0 amide bonds. The van der Waals surface area contributed by atoms with Gasteiger partial charge in [-0.25, -0.2) is 15.0 Å². The molecule has 0 bridgehead atoms. The van der Waals surface area contributed by atoms with Gasteiger partial charge in [-0.1, -0.05) is 6.07 Å². The van der Waals surface area contributed by atoms with Gasteiger partial charge in [-0.15, -0.1) is 24.0 Å². The summed E-state index contributed by atoms with van der Waals surface area (Å²) in [4.78, 5) is 17.4. The summed E-state index contributed by atoms with van der Waals surface area (Å²) in [7, 11) is 0. The van der Waals surface area contributed by atoms with Crippen LogP contribution in [0.3, 0.4) is 0 Å². The SMILES string of the molecule is CCNC(=NCc1ccnc(-n2ccnc2)c1)NCCc1ccccn1.I. The zero-order valence-corrected chi connectivity index (χ0v) is 17.6. The third-order valence-corrected chi connectivity index (χ3v) is 3.74. The van der Waals surface area contributed by atoms with Crippen LogP contribution in [0.15, 0.2) is 66.4 Å². The lowest BCUT2D eigenvalue weighted by molar-refractivity contribution is 0.788. The van der Waals surface area contributed by atoms with Crippen molar-refractivity contribution in [1.82, 2.24) is 30.2 Å². The Labute approximate surface area is 176 Å². The molecule has 0 aliphatic carbocycles. The second-order valence-electron chi connectivity index (χ2n) is 5.69. The molecule has 0 saturated heterocycles. The Morgan fingerprint density at radius 2 is 2.04 bits per heavy atom. The highest BCUT2D eigenvalue weighted by Crippen LogP contribution is 2.08. The summed E-state index contributed by atoms with van der Waals surface area (Å²) in [5.41, 5.74) is 2.15. The van der Waals surface area contributed by atoms with E-state index in [-0.39, 0.29) is 24.0 Å². The Kier molecular flexibility index (Phi) is 8.69. The predicted octanol–water partition coefficient (Wildman–Crippen LogP) is 2.58. The van der Waals surface area contributed by atoms with Crippen molar-refractivity contribution in [3.05, 3.63) is 72.7 Å². The third kappa shape index (κ3) is 6.63. The molecule has 0 aliphatic heterocycles. The number of hydrogen-bond acceptors (Lipinski definition) is 4. The zero-order chi connectivity index (χ0) is 18.0. The van der Waals surface area contributed by atoms with Gasteiger partial charge >= 0.3 is 0 Å². The van der Waals surface area contributed by atoms with Crippen molar-refractivity contribution in [2.45, 2.75) is 19.9 Å². The number of pyridine rings is 2. The highest BCUT2D eigenvalue weighted by atomic mass is 127. The van der Waals surface area contributed by atoms with E-state index in [1.807, 2.05) is 47.3 Å². The Morgan fingerprint density at radius 3 is 2.78 bits per heavy atom. The molecule has 0 aliphatic rings. The molecule has 0 atom stereocenters. The van der Waals surface area contributed by atoms with Crippen LogP contribution in [-0.4, -0.2) is 38.6 Å². The number of aliphatic imine (C=N–C) groups is 1. The highest BCUT2D eigenvalue weighted by Gasteiger charge is 2.01. The van der Waals surface area contributed by atoms with E-state index < -0.39 is 0 Å². The van der Waals surface area contributed by atoms with Gasteiger partial charge in [0.05, 0.1) is 6.54 Å². The molecule has 27 heavy (non-hydrogen) atoms. The second-order valence-corrected chi connectivity index (χ2v) is 5.69. The van der Waals surface area contributed by atoms with Crippen molar-refractivity contribution in [2.24, 2.45) is 4.99 Å². The number of aromatic nitrogens is 4. The minimum Gasteiger partial charge on any atom is -0.357 e. The minimum atomic E-state index is 0. The van der Waals surface area contributed by atoms with Crippen molar-refractivity contribution in [1.29, 1.82) is 0 Å². The summed E-state index contributed by atoms with van der Waals surface area (Å²) in [5.74, 6) is 1.63. The number of nitrogens with zero attached hydrogens (tertiary/aromatic N) is 5. The molecule has 142 valence electrons. The molecule has 3 aromatic heterocycles. The predicted molar refractivity (Wildman–Crippen MR) is 118 cm³/mol. The highest BCUT2D eigenvalue weighted by molar-refractivity contribution is 14.0. The maximum atomic E-state index is 4.66. The summed E-state index contributed by atoms with van der Waals surface area (Å²) in [5, 5.41) is 6.62. The molecule has 0 radical (unpaired) electrons. The lowest BCUT2D eigenvalue weighted by atomic mass is 10.2. The molecule has 8 heteroatoms. The lowest BCUT2D eigenvalue weighted by Crippen LogP contribution is -2.38. The number of nitrogens with one attached hydrogen (secondary N) is 2. The van der Waals surface area contributed by atoms with Gasteiger partial charge in [-0.3, -0.25) is 9.55 Å². The van der Waals surface area contributed by atoms with Gasteiger partial charge < -0.3 is 10.6 Å². The van der Waals surface area contributed by atoms with E-state index in [0.717, 1.165) is 42.5 Å². The average molecular weight is 477 g/mol. The van der Waals surface area contributed by atoms with Gasteiger partial charge in [0.25, 0.3) is 0 Å². The fraction of sp³-hybridized carbons (Fsp3) is 0.263. The largest absolute Gasteiger partial charge is 0.357 e. The normalized spacial score (nSPS) is 10.9. The van der Waals surface area contributed by atoms with Crippen molar-refractivity contribution >= 4 is 29.9 Å². The lowest BCUT2D eigenvalue weighted by Gasteiger charge is -2.11. The average Bonchev–Trinajstić information content (AvgIpc) is 3.22. The first-order valence-corrected chi connectivity index (χ1v) is 8.70. The summed E-state index contributed by atoms with van der Waals surface area (Å²) >= 11 is 0. The fourth-order valence-electron chi connectivity index (χ4n) is 2.46. The van der Waals surface area contributed by atoms with Gasteiger partial charge in [0.2, 0.25) is 0 Å². The van der Waals surface area contributed by atoms with E-state index in [1.165, 1.54) is 0 Å². The third-order valence-electron chi connectivity index (χ3n) is 3.74. The molecule has 7 nitrogen and oxygen atoms in total. The molecule has 0 saturated carbocycles. The quantitative estimate of drug-likeness (QED) is 0.311. The molecule has 0 unspecified atom stereocenters. The van der Waals surface area contributed by atoms with Gasteiger partial charge in [-0.05, 0) is 36.8 Å². The topological polar surface area (TPSA) is 80.0 Å². The summed E-state index contributed by atoms with van der Waals surface area (Å²) in [6, 6.07) is 9.95. The molecule has 3 aromatic rings. The molecular weight excluding hydrogens is 453 g/mol. The summed E-state index contributed by atoms with van der Waals surface area (Å²) in [6.07, 6.45) is 9.81. The van der Waals surface area contributed by atoms with Crippen molar-refractivity contribution < 1.29 is 0 Å². The Morgan fingerprint density at radius 1 is 1.11 bits per heavy atom. The van der Waals surface area contributed by atoms with Crippen LogP contribution in [0.5, 0.6) is 0 Å². The first-order chi connectivity index (χ1) is 12.8. The van der Waals surface area contributed by atoms with Crippen molar-refractivity contribution in [3.8, 4) is 5.82 Å². The van der Waals surface area contributed by atoms with Crippen molar-refractivity contribution in [3.63, 3.8) is 0 Å². The van der Waals surface area contributed by atoms with Crippen LogP contribution in [0.1, 0.15) is 18.2 Å². The maximum Gasteiger partial charge on any atom is 0.191 e. The summed E-state index contributed by atoms with van der Waals surface area (Å²) in [6.45, 7) is 4.22. The first kappa shape index (κ1) is 20.8. The van der Waals surface area contributed by atoms with Crippen LogP contribution in [-0.2, 0) is 13.0 Å². The van der Waals surface area contributed by atoms with Crippen LogP contribution in [0.25, 0.3) is 5.82 Å². The smallest absolute Gasteiger partial charge is 0.191 e. The van der Waals surface area contributed by atoms with Gasteiger partial charge in [0, 0.05) is 50.0 Å². The monoisotopic (exact) mass is 477 g/mol. The molecule has 0 aromatic carbocycles. The number of hydrogen-bond donors (Lipinski definition) is 2. The number of rotatable bonds is 7. The fourth-order valence-corrected chi connectivity index (χ4v) is 2.46. The maximum absolute atomic E-state index is 4.66. The van der Waals surface area contributed by atoms with Crippen LogP contribution in [0.2, 0.25) is 0 Å². The zero-order valence-electron chi connectivity index (χ0n) is 15.2. The number of halogens is 1. The number of guanidine groups is 1. The Balaban J connectivity index is 0.00000261. The summed E-state index contributed by atoms with van der Waals surface area (Å²) < 4.78 is 1.88. The Hall–Kier alpha value is -2.49. The van der Waals surface area contributed by atoms with Gasteiger partial charge in [0.1, 0.15) is 12.1 Å². The van der Waals surface area contributed by atoms with Crippen LogP contribution in [0.4, 0.5) is 0 Å². The second kappa shape index (κ2) is 11.3. The van der Waals surface area contributed by atoms with E-state index in [9.17, 15) is 0 Å². The standard InChI is InChI=1S/C19H23N7.HI/c1-2-21-19(24-10-7-17-5-3-4-8-22-17)25-14-16-6-9-23-18(13-16)26-12-11-20-15-26;/h3-6,8-9,11-13,15H,2,7,10,14H2,1H3,(H2,21,24,25);1H. The molecule has 3 heterocycles. The van der Waals surface area contributed by atoms with E-state index in [1.54, 1.807) is 18.7 Å². The molecule has 0 spiro atoms. The minimum absolute atomic E-state index is 0. The molecular formula is C19H24IN7. The van der Waals surface area contributed by atoms with Crippen LogP contribution in [0, 0.1) is 0 Å². The van der Waals surface area contributed by atoms with E-state index >= 15 is 0 Å². The van der Waals surface area contributed by atoms with Crippen LogP contribution >= 0.6 is 24.0 Å². The number of imidazole rings is 1. The first-order valence-electron chi connectivity index (χ1n) is 8.70. The van der Waals surface area contributed by atoms with Crippen LogP contribution < -0.4 is 10.6 Å². The molecule has 3 rings (SSSR count).